The van der Waals surface area contributed by atoms with Crippen LogP contribution in [0.3, 0.4) is 0 Å². The second kappa shape index (κ2) is 10.4. The van der Waals surface area contributed by atoms with E-state index in [2.05, 4.69) is 5.32 Å². The second-order valence-corrected chi connectivity index (χ2v) is 9.20. The zero-order valence-corrected chi connectivity index (χ0v) is 20.8. The van der Waals surface area contributed by atoms with E-state index >= 15 is 0 Å². The quantitative estimate of drug-likeness (QED) is 0.353. The molecule has 8 nitrogen and oxygen atoms in total. The summed E-state index contributed by atoms with van der Waals surface area (Å²) < 4.78 is 11.7. The molecule has 190 valence electrons. The first-order valence-corrected chi connectivity index (χ1v) is 12.4. The molecule has 0 unspecified atom stereocenters. The lowest BCUT2D eigenvalue weighted by Crippen LogP contribution is -2.73. The number of likely N-dealkylation sites (tertiary alicyclic amines) is 1. The Morgan fingerprint density at radius 1 is 1.14 bits per heavy atom. The van der Waals surface area contributed by atoms with Gasteiger partial charge in [0.2, 0.25) is 5.91 Å². The van der Waals surface area contributed by atoms with Crippen molar-refractivity contribution in [2.75, 3.05) is 0 Å². The Morgan fingerprint density at radius 3 is 2.58 bits per heavy atom. The van der Waals surface area contributed by atoms with E-state index in [4.69, 9.17) is 9.15 Å². The first kappa shape index (κ1) is 25.3. The number of aliphatic carboxylic acids is 1. The molecule has 3 amide bonds. The highest BCUT2D eigenvalue weighted by Gasteiger charge is 2.63. The number of carboxylic acid groups (broad SMARTS) is 1. The van der Waals surface area contributed by atoms with Gasteiger partial charge in [-0.05, 0) is 49.1 Å². The number of carboxylic acids is 1. The molecule has 0 bridgehead atoms. The second-order valence-electron chi connectivity index (χ2n) is 9.20. The molecule has 3 aromatic rings. The van der Waals surface area contributed by atoms with E-state index in [1.807, 2.05) is 45.0 Å². The minimum Gasteiger partial charge on any atom is -0.481 e. The predicted octanol–water partition coefficient (Wildman–Crippen LogP) is 5.66. The van der Waals surface area contributed by atoms with Crippen LogP contribution in [-0.4, -0.2) is 34.1 Å². The molecular weight excluding hydrogens is 460 g/mol. The summed E-state index contributed by atoms with van der Waals surface area (Å²) in [6, 6.07) is 13.7. The molecule has 0 aliphatic carbocycles. The van der Waals surface area contributed by atoms with Crippen molar-refractivity contribution < 1.29 is 28.6 Å². The number of benzene rings is 2. The lowest BCUT2D eigenvalue weighted by Gasteiger charge is -2.53. The topological polar surface area (TPSA) is 109 Å². The standard InChI is InChI=1S/C28H32N2O6/c1-4-9-21(18-12-13-22-20(16-18)14-15-35-22)29-27(34)30-25(33)28(5-2,6-3)26(30)36-23-11-8-7-10-19(23)17-24(31)32/h7-8,10-16,21,26H,4-6,9,17H2,1-3H3,(H,29,34)(H,31,32)/t21-,26+/m1/s1. The molecule has 1 saturated heterocycles. The molecule has 36 heavy (non-hydrogen) atoms. The van der Waals surface area contributed by atoms with Gasteiger partial charge in [0.15, 0.2) is 6.23 Å². The van der Waals surface area contributed by atoms with E-state index in [1.165, 1.54) is 0 Å². The zero-order chi connectivity index (χ0) is 25.9. The van der Waals surface area contributed by atoms with Gasteiger partial charge < -0.3 is 19.6 Å². The molecule has 2 N–H and O–H groups in total. The molecule has 1 aromatic heterocycles. The van der Waals surface area contributed by atoms with Crippen molar-refractivity contribution in [3.05, 3.63) is 65.9 Å². The SMILES string of the molecule is CCC[C@@H](NC(=O)N1C(=O)C(CC)(CC)[C@@H]1Oc1ccccc1CC(=O)O)c1ccc2occc2c1. The fourth-order valence-electron chi connectivity index (χ4n) is 4.98. The van der Waals surface area contributed by atoms with Crippen LogP contribution < -0.4 is 10.1 Å². The van der Waals surface area contributed by atoms with E-state index in [0.29, 0.717) is 30.6 Å². The normalized spacial score (nSPS) is 17.5. The monoisotopic (exact) mass is 492 g/mol. The number of para-hydroxylation sites is 1. The van der Waals surface area contributed by atoms with Crippen molar-refractivity contribution in [2.45, 2.75) is 65.1 Å². The number of nitrogens with one attached hydrogen (secondary N) is 1. The van der Waals surface area contributed by atoms with Crippen LogP contribution in [0.4, 0.5) is 4.79 Å². The van der Waals surface area contributed by atoms with Gasteiger partial charge in [0.05, 0.1) is 18.7 Å². The molecule has 2 atom stereocenters. The molecule has 4 rings (SSSR count). The van der Waals surface area contributed by atoms with Gasteiger partial charge in [0.25, 0.3) is 0 Å². The highest BCUT2D eigenvalue weighted by atomic mass is 16.5. The number of carbonyl (C=O) groups is 3. The first-order chi connectivity index (χ1) is 17.3. The summed E-state index contributed by atoms with van der Waals surface area (Å²) in [5.41, 5.74) is 1.32. The van der Waals surface area contributed by atoms with Crippen molar-refractivity contribution in [1.82, 2.24) is 10.2 Å². The number of carbonyl (C=O) groups excluding carboxylic acids is 2. The van der Waals surface area contributed by atoms with Gasteiger partial charge >= 0.3 is 12.0 Å². The number of amides is 3. The van der Waals surface area contributed by atoms with E-state index in [0.717, 1.165) is 27.9 Å². The Labute approximate surface area is 210 Å². The number of hydrogen-bond donors (Lipinski definition) is 2. The third-order valence-electron chi connectivity index (χ3n) is 7.14. The van der Waals surface area contributed by atoms with Crippen LogP contribution in [0.25, 0.3) is 11.0 Å². The van der Waals surface area contributed by atoms with Gasteiger partial charge in [-0.15, -0.1) is 0 Å². The summed E-state index contributed by atoms with van der Waals surface area (Å²) in [6.07, 6.45) is 3.08. The Hall–Kier alpha value is -3.81. The van der Waals surface area contributed by atoms with Gasteiger partial charge in [-0.2, -0.15) is 0 Å². The molecular formula is C28H32N2O6. The third kappa shape index (κ3) is 4.55. The van der Waals surface area contributed by atoms with E-state index < -0.39 is 23.6 Å². The number of fused-ring (bicyclic) bond motifs is 1. The minimum atomic E-state index is -0.986. The van der Waals surface area contributed by atoms with E-state index in [-0.39, 0.29) is 18.4 Å². The van der Waals surface area contributed by atoms with Gasteiger partial charge in [0, 0.05) is 10.9 Å². The van der Waals surface area contributed by atoms with E-state index in [9.17, 15) is 19.5 Å². The Bertz CT molecular complexity index is 1260. The highest BCUT2D eigenvalue weighted by Crippen LogP contribution is 2.46. The van der Waals surface area contributed by atoms with Crippen molar-refractivity contribution in [1.29, 1.82) is 0 Å². The van der Waals surface area contributed by atoms with Gasteiger partial charge in [-0.25, -0.2) is 9.69 Å². The van der Waals surface area contributed by atoms with Crippen molar-refractivity contribution in [3.63, 3.8) is 0 Å². The first-order valence-electron chi connectivity index (χ1n) is 12.4. The molecule has 1 aliphatic rings. The Morgan fingerprint density at radius 2 is 1.89 bits per heavy atom. The van der Waals surface area contributed by atoms with Crippen molar-refractivity contribution in [2.24, 2.45) is 5.41 Å². The van der Waals surface area contributed by atoms with Crippen molar-refractivity contribution >= 4 is 28.9 Å². The fourth-order valence-corrected chi connectivity index (χ4v) is 4.98. The Balaban J connectivity index is 1.61. The fraction of sp³-hybridized carbons (Fsp3) is 0.393. The van der Waals surface area contributed by atoms with Gasteiger partial charge in [-0.1, -0.05) is 51.5 Å². The number of urea groups is 1. The molecule has 2 heterocycles. The van der Waals surface area contributed by atoms with Crippen LogP contribution in [0.15, 0.2) is 59.2 Å². The number of β-lactam (4-membered cyclic amide) rings is 1. The number of nitrogens with zero attached hydrogens (tertiary/aromatic N) is 1. The lowest BCUT2D eigenvalue weighted by molar-refractivity contribution is -0.191. The summed E-state index contributed by atoms with van der Waals surface area (Å²) in [5.74, 6) is -0.914. The van der Waals surface area contributed by atoms with Crippen LogP contribution in [0, 0.1) is 5.41 Å². The van der Waals surface area contributed by atoms with Crippen LogP contribution in [-0.2, 0) is 16.0 Å². The molecule has 0 spiro atoms. The minimum absolute atomic E-state index is 0.219. The zero-order valence-electron chi connectivity index (χ0n) is 20.8. The summed E-state index contributed by atoms with van der Waals surface area (Å²) in [5, 5.41) is 13.3. The third-order valence-corrected chi connectivity index (χ3v) is 7.14. The van der Waals surface area contributed by atoms with Crippen LogP contribution in [0.1, 0.15) is 63.6 Å². The maximum absolute atomic E-state index is 13.5. The summed E-state index contributed by atoms with van der Waals surface area (Å²) >= 11 is 0. The maximum Gasteiger partial charge on any atom is 0.327 e. The van der Waals surface area contributed by atoms with Gasteiger partial charge in [-0.3, -0.25) is 9.59 Å². The molecule has 2 aromatic carbocycles. The number of hydrogen-bond acceptors (Lipinski definition) is 5. The Kier molecular flexibility index (Phi) is 7.33. The summed E-state index contributed by atoms with van der Waals surface area (Å²) in [7, 11) is 0. The molecule has 8 heteroatoms. The number of rotatable bonds is 10. The number of imide groups is 1. The highest BCUT2D eigenvalue weighted by molar-refractivity contribution is 6.03. The average molecular weight is 493 g/mol. The van der Waals surface area contributed by atoms with Gasteiger partial charge in [0.1, 0.15) is 16.7 Å². The summed E-state index contributed by atoms with van der Waals surface area (Å²) in [4.78, 5) is 39.3. The largest absolute Gasteiger partial charge is 0.481 e. The molecule has 1 aliphatic heterocycles. The van der Waals surface area contributed by atoms with Crippen LogP contribution in [0.5, 0.6) is 5.75 Å². The van der Waals surface area contributed by atoms with Crippen LogP contribution in [0.2, 0.25) is 0 Å². The number of ether oxygens (including phenoxy) is 1. The average Bonchev–Trinajstić information content (AvgIpc) is 3.33. The number of furan rings is 1. The molecule has 0 radical (unpaired) electrons. The summed E-state index contributed by atoms with van der Waals surface area (Å²) in [6.45, 7) is 5.83. The lowest BCUT2D eigenvalue weighted by atomic mass is 9.72. The molecule has 0 saturated carbocycles. The smallest absolute Gasteiger partial charge is 0.327 e. The molecule has 1 fully saturated rings. The predicted molar refractivity (Wildman–Crippen MR) is 134 cm³/mol. The maximum atomic E-state index is 13.5. The van der Waals surface area contributed by atoms with E-state index in [1.54, 1.807) is 30.5 Å². The van der Waals surface area contributed by atoms with Crippen LogP contribution >= 0.6 is 0 Å². The van der Waals surface area contributed by atoms with Crippen molar-refractivity contribution in [3.8, 4) is 5.75 Å².